The van der Waals surface area contributed by atoms with Crippen molar-refractivity contribution >= 4 is 28.6 Å². The van der Waals surface area contributed by atoms with Crippen molar-refractivity contribution in [1.82, 2.24) is 19.7 Å². The zero-order valence-electron chi connectivity index (χ0n) is 22.5. The third-order valence-electron chi connectivity index (χ3n) is 7.47. The fourth-order valence-electron chi connectivity index (χ4n) is 5.38. The van der Waals surface area contributed by atoms with Gasteiger partial charge in [-0.25, -0.2) is 4.79 Å². The van der Waals surface area contributed by atoms with Crippen molar-refractivity contribution in [3.8, 4) is 17.6 Å². The Morgan fingerprint density at radius 1 is 1.15 bits per heavy atom. The summed E-state index contributed by atoms with van der Waals surface area (Å²) in [5.74, 6) is 6.22. The number of fused-ring (bicyclic) bond motifs is 3. The fourth-order valence-corrected chi connectivity index (χ4v) is 5.55. The number of carbonyl (C=O) groups is 1. The number of likely N-dealkylation sites (N-methyl/N-ethyl adjacent to an activating group) is 1. The van der Waals surface area contributed by atoms with Gasteiger partial charge in [0.2, 0.25) is 0 Å². The number of aromatic amines is 1. The molecule has 206 valence electrons. The number of nitrogens with zero attached hydrogens (tertiary/aromatic N) is 3. The van der Waals surface area contributed by atoms with Gasteiger partial charge < -0.3 is 24.5 Å². The van der Waals surface area contributed by atoms with Crippen LogP contribution in [0, 0.1) is 11.8 Å². The van der Waals surface area contributed by atoms with Gasteiger partial charge in [-0.1, -0.05) is 29.7 Å². The Bertz CT molecular complexity index is 1360. The van der Waals surface area contributed by atoms with Gasteiger partial charge in [0.1, 0.15) is 24.5 Å². The normalized spacial score (nSPS) is 18.8. The van der Waals surface area contributed by atoms with E-state index in [1.807, 2.05) is 42.5 Å². The lowest BCUT2D eigenvalue weighted by Crippen LogP contribution is -2.47. The number of aromatic nitrogens is 1. The fraction of sp³-hybridized carbons (Fsp3) is 0.433. The second kappa shape index (κ2) is 12.3. The quantitative estimate of drug-likeness (QED) is 0.434. The van der Waals surface area contributed by atoms with Crippen molar-refractivity contribution in [2.75, 3.05) is 59.5 Å². The number of aliphatic hydroxyl groups is 1. The van der Waals surface area contributed by atoms with E-state index in [0.29, 0.717) is 30.3 Å². The summed E-state index contributed by atoms with van der Waals surface area (Å²) in [6.45, 7) is 7.03. The van der Waals surface area contributed by atoms with Crippen molar-refractivity contribution in [2.45, 2.75) is 25.5 Å². The van der Waals surface area contributed by atoms with E-state index in [-0.39, 0.29) is 19.3 Å². The van der Waals surface area contributed by atoms with E-state index in [2.05, 4.69) is 33.7 Å². The number of H-pyrrole nitrogens is 1. The molecule has 1 amide bonds. The molecule has 2 N–H and O–H groups in total. The molecule has 2 atom stereocenters. The van der Waals surface area contributed by atoms with Gasteiger partial charge >= 0.3 is 6.09 Å². The number of rotatable bonds is 7. The number of nitrogens with one attached hydrogen (secondary N) is 1. The Kier molecular flexibility index (Phi) is 8.63. The van der Waals surface area contributed by atoms with Crippen LogP contribution in [0.3, 0.4) is 0 Å². The number of ether oxygens (including phenoxy) is 2. The van der Waals surface area contributed by atoms with Gasteiger partial charge in [0.15, 0.2) is 6.61 Å². The number of benzene rings is 2. The minimum atomic E-state index is -0.566. The van der Waals surface area contributed by atoms with Crippen LogP contribution in [0.15, 0.2) is 42.5 Å². The van der Waals surface area contributed by atoms with E-state index in [1.54, 1.807) is 11.8 Å². The SMILES string of the molecule is CC#CCOC(=O)N1CCc2c([nH]c3ccc(Cl)cc23)C1c1ccc(OCC(O)CN2CCN(C)CC2)cc1. The topological polar surface area (TPSA) is 81.3 Å². The molecule has 3 aromatic rings. The Labute approximate surface area is 234 Å². The lowest BCUT2D eigenvalue weighted by molar-refractivity contribution is 0.0504. The summed E-state index contributed by atoms with van der Waals surface area (Å²) >= 11 is 6.30. The molecule has 0 bridgehead atoms. The second-order valence-electron chi connectivity index (χ2n) is 10.2. The van der Waals surface area contributed by atoms with Crippen molar-refractivity contribution in [2.24, 2.45) is 0 Å². The van der Waals surface area contributed by atoms with Gasteiger partial charge in [-0.15, -0.1) is 5.92 Å². The monoisotopic (exact) mass is 550 g/mol. The molecule has 0 radical (unpaired) electrons. The molecule has 9 heteroatoms. The highest BCUT2D eigenvalue weighted by Gasteiger charge is 2.35. The molecule has 2 aliphatic rings. The van der Waals surface area contributed by atoms with Gasteiger partial charge in [-0.2, -0.15) is 0 Å². The van der Waals surface area contributed by atoms with E-state index in [4.69, 9.17) is 21.1 Å². The standard InChI is InChI=1S/C30H35ClN4O4/c1-3-4-17-38-30(37)35-12-11-25-26-18-22(31)7-10-27(26)32-28(25)29(35)21-5-8-24(9-6-21)39-20-23(36)19-34-15-13-33(2)14-16-34/h5-10,18,23,29,32,36H,11-17,19-20H2,1-2H3. The number of amides is 1. The summed E-state index contributed by atoms with van der Waals surface area (Å²) in [5.41, 5.74) is 4.02. The maximum absolute atomic E-state index is 13.1. The maximum Gasteiger partial charge on any atom is 0.411 e. The highest BCUT2D eigenvalue weighted by molar-refractivity contribution is 6.31. The zero-order valence-corrected chi connectivity index (χ0v) is 23.2. The number of hydrogen-bond acceptors (Lipinski definition) is 6. The molecular formula is C30H35ClN4O4. The van der Waals surface area contributed by atoms with Crippen molar-refractivity contribution < 1.29 is 19.4 Å². The average molecular weight is 551 g/mol. The number of aliphatic hydroxyl groups excluding tert-OH is 1. The molecule has 1 saturated heterocycles. The highest BCUT2D eigenvalue weighted by Crippen LogP contribution is 2.39. The molecule has 39 heavy (non-hydrogen) atoms. The summed E-state index contributed by atoms with van der Waals surface area (Å²) in [6.07, 6.45) is -0.284. The average Bonchev–Trinajstić information content (AvgIpc) is 3.31. The third kappa shape index (κ3) is 6.34. The van der Waals surface area contributed by atoms with Gasteiger partial charge in [0, 0.05) is 60.9 Å². The summed E-state index contributed by atoms with van der Waals surface area (Å²) in [5, 5.41) is 12.3. The molecule has 1 aromatic heterocycles. The van der Waals surface area contributed by atoms with Gasteiger partial charge in [0.05, 0.1) is 0 Å². The molecule has 2 aliphatic heterocycles. The maximum atomic E-state index is 13.1. The van der Waals surface area contributed by atoms with Gasteiger partial charge in [-0.05, 0) is 61.9 Å². The van der Waals surface area contributed by atoms with Crippen LogP contribution in [0.5, 0.6) is 5.75 Å². The van der Waals surface area contributed by atoms with E-state index < -0.39 is 12.2 Å². The predicted molar refractivity (Wildman–Crippen MR) is 152 cm³/mol. The smallest absolute Gasteiger partial charge is 0.411 e. The first-order valence-electron chi connectivity index (χ1n) is 13.4. The van der Waals surface area contributed by atoms with Crippen LogP contribution in [0.1, 0.15) is 29.8 Å². The summed E-state index contributed by atoms with van der Waals surface area (Å²) in [7, 11) is 2.12. The van der Waals surface area contributed by atoms with Crippen LogP contribution in [-0.2, 0) is 11.2 Å². The van der Waals surface area contributed by atoms with Crippen LogP contribution in [0.4, 0.5) is 4.79 Å². The van der Waals surface area contributed by atoms with Crippen LogP contribution in [0.2, 0.25) is 5.02 Å². The van der Waals surface area contributed by atoms with E-state index >= 15 is 0 Å². The summed E-state index contributed by atoms with van der Waals surface area (Å²) < 4.78 is 11.4. The van der Waals surface area contributed by atoms with Crippen molar-refractivity contribution in [3.05, 3.63) is 64.3 Å². The highest BCUT2D eigenvalue weighted by atomic mass is 35.5. The first kappa shape index (κ1) is 27.4. The number of halogens is 1. The molecule has 0 saturated carbocycles. The van der Waals surface area contributed by atoms with Crippen molar-refractivity contribution in [1.29, 1.82) is 0 Å². The molecule has 2 unspecified atom stereocenters. The van der Waals surface area contributed by atoms with Crippen LogP contribution < -0.4 is 4.74 Å². The first-order chi connectivity index (χ1) is 18.9. The largest absolute Gasteiger partial charge is 0.491 e. The van der Waals surface area contributed by atoms with Crippen molar-refractivity contribution in [3.63, 3.8) is 0 Å². The molecule has 2 aromatic carbocycles. The Balaban J connectivity index is 1.33. The van der Waals surface area contributed by atoms with Crippen LogP contribution in [-0.4, -0.2) is 96.5 Å². The molecule has 8 nitrogen and oxygen atoms in total. The first-order valence-corrected chi connectivity index (χ1v) is 13.8. The van der Waals surface area contributed by atoms with E-state index in [1.165, 1.54) is 0 Å². The number of β-amino-alcohol motifs (C(OH)–C–C–N with tert-alkyl or cyclic N) is 1. The molecule has 0 aliphatic carbocycles. The third-order valence-corrected chi connectivity index (χ3v) is 7.71. The van der Waals surface area contributed by atoms with Crippen LogP contribution >= 0.6 is 11.6 Å². The number of piperazine rings is 1. The molecule has 0 spiro atoms. The minimum Gasteiger partial charge on any atom is -0.491 e. The lowest BCUT2D eigenvalue weighted by Gasteiger charge is -2.35. The van der Waals surface area contributed by atoms with Gasteiger partial charge in [-0.3, -0.25) is 9.80 Å². The Morgan fingerprint density at radius 3 is 2.67 bits per heavy atom. The lowest BCUT2D eigenvalue weighted by atomic mass is 9.92. The Hall–Kier alpha value is -3.22. The van der Waals surface area contributed by atoms with E-state index in [0.717, 1.165) is 53.9 Å². The molecule has 5 rings (SSSR count). The summed E-state index contributed by atoms with van der Waals surface area (Å²) in [4.78, 5) is 22.9. The number of hydrogen-bond donors (Lipinski definition) is 2. The minimum absolute atomic E-state index is 0.0525. The second-order valence-corrected chi connectivity index (χ2v) is 10.6. The molecule has 3 heterocycles. The van der Waals surface area contributed by atoms with Crippen LogP contribution in [0.25, 0.3) is 10.9 Å². The molecular weight excluding hydrogens is 516 g/mol. The predicted octanol–water partition coefficient (Wildman–Crippen LogP) is 3.92. The van der Waals surface area contributed by atoms with E-state index in [9.17, 15) is 9.90 Å². The Morgan fingerprint density at radius 2 is 1.92 bits per heavy atom. The molecule has 1 fully saturated rings. The number of carbonyl (C=O) groups excluding carboxylic acids is 1. The summed E-state index contributed by atoms with van der Waals surface area (Å²) in [6, 6.07) is 13.1. The van der Waals surface area contributed by atoms with Gasteiger partial charge in [0.25, 0.3) is 0 Å². The zero-order chi connectivity index (χ0) is 27.4.